The van der Waals surface area contributed by atoms with Crippen molar-refractivity contribution in [3.63, 3.8) is 0 Å². The van der Waals surface area contributed by atoms with Gasteiger partial charge in [-0.3, -0.25) is 0 Å². The standard InChI is InChI=1S/C9H5BrF4O/c10-7(4-15)5-1-2-6(8(11)3-5)9(12,13)14/h1-4,7H. The predicted octanol–water partition coefficient (Wildman–Crippen LogP) is 3.48. The lowest BCUT2D eigenvalue weighted by Crippen LogP contribution is -2.08. The second-order valence-corrected chi connectivity index (χ2v) is 3.76. The topological polar surface area (TPSA) is 17.1 Å². The smallest absolute Gasteiger partial charge is 0.302 e. The average Bonchev–Trinajstić information content (AvgIpc) is 2.14. The number of rotatable bonds is 2. The van der Waals surface area contributed by atoms with Crippen molar-refractivity contribution in [3.05, 3.63) is 35.1 Å². The largest absolute Gasteiger partial charge is 0.419 e. The van der Waals surface area contributed by atoms with E-state index >= 15 is 0 Å². The van der Waals surface area contributed by atoms with Crippen LogP contribution in [0.2, 0.25) is 0 Å². The summed E-state index contributed by atoms with van der Waals surface area (Å²) in [6, 6.07) is 2.36. The van der Waals surface area contributed by atoms with Gasteiger partial charge in [-0.25, -0.2) is 4.39 Å². The minimum atomic E-state index is -4.72. The molecule has 1 nitrogen and oxygen atoms in total. The van der Waals surface area contributed by atoms with Crippen molar-refractivity contribution in [3.8, 4) is 0 Å². The third-order valence-corrected chi connectivity index (χ3v) is 2.48. The van der Waals surface area contributed by atoms with Gasteiger partial charge in [-0.2, -0.15) is 13.2 Å². The number of carbonyl (C=O) groups excluding carboxylic acids is 1. The zero-order chi connectivity index (χ0) is 11.6. The highest BCUT2D eigenvalue weighted by atomic mass is 79.9. The van der Waals surface area contributed by atoms with Gasteiger partial charge in [0.1, 0.15) is 12.1 Å². The zero-order valence-corrected chi connectivity index (χ0v) is 8.77. The van der Waals surface area contributed by atoms with E-state index in [1.54, 1.807) is 0 Å². The summed E-state index contributed by atoms with van der Waals surface area (Å²) in [6.07, 6.45) is -4.26. The van der Waals surface area contributed by atoms with Crippen LogP contribution in [0.1, 0.15) is 16.0 Å². The summed E-state index contributed by atoms with van der Waals surface area (Å²) >= 11 is 2.88. The summed E-state index contributed by atoms with van der Waals surface area (Å²) in [5.41, 5.74) is -1.19. The first-order valence-corrected chi connectivity index (χ1v) is 4.74. The van der Waals surface area contributed by atoms with Crippen LogP contribution in [0.4, 0.5) is 17.6 Å². The Bertz CT molecular complexity index is 375. The van der Waals surface area contributed by atoms with Crippen LogP contribution < -0.4 is 0 Å². The van der Waals surface area contributed by atoms with Gasteiger partial charge >= 0.3 is 6.18 Å². The van der Waals surface area contributed by atoms with Crippen LogP contribution in [0.3, 0.4) is 0 Å². The Morgan fingerprint density at radius 3 is 2.33 bits per heavy atom. The van der Waals surface area contributed by atoms with Gasteiger partial charge in [0, 0.05) is 0 Å². The zero-order valence-electron chi connectivity index (χ0n) is 7.18. The van der Waals surface area contributed by atoms with E-state index in [1.165, 1.54) is 0 Å². The second kappa shape index (κ2) is 4.30. The Hall–Kier alpha value is -0.910. The number of halogens is 5. The van der Waals surface area contributed by atoms with Gasteiger partial charge in [0.05, 0.1) is 10.4 Å². The number of aldehydes is 1. The Balaban J connectivity index is 3.14. The van der Waals surface area contributed by atoms with Crippen molar-refractivity contribution >= 4 is 22.2 Å². The molecule has 1 rings (SSSR count). The van der Waals surface area contributed by atoms with Gasteiger partial charge in [0.25, 0.3) is 0 Å². The van der Waals surface area contributed by atoms with Crippen LogP contribution >= 0.6 is 15.9 Å². The van der Waals surface area contributed by atoms with E-state index < -0.39 is 22.4 Å². The molecule has 0 spiro atoms. The average molecular weight is 285 g/mol. The molecule has 0 aliphatic carbocycles. The normalized spacial score (nSPS) is 13.7. The SMILES string of the molecule is O=CC(Br)c1ccc(C(F)(F)F)c(F)c1. The predicted molar refractivity (Wildman–Crippen MR) is 49.1 cm³/mol. The Morgan fingerprint density at radius 1 is 1.33 bits per heavy atom. The van der Waals surface area contributed by atoms with Crippen LogP contribution in [0.5, 0.6) is 0 Å². The minimum absolute atomic E-state index is 0.149. The molecule has 0 radical (unpaired) electrons. The maximum absolute atomic E-state index is 13.0. The fraction of sp³-hybridized carbons (Fsp3) is 0.222. The molecule has 0 saturated heterocycles. The molecular weight excluding hydrogens is 280 g/mol. The van der Waals surface area contributed by atoms with Crippen LogP contribution in [0.25, 0.3) is 0 Å². The van der Waals surface area contributed by atoms with Gasteiger partial charge in [0.2, 0.25) is 0 Å². The molecule has 1 aromatic rings. The summed E-state index contributed by atoms with van der Waals surface area (Å²) in [5, 5.41) is 0. The number of benzene rings is 1. The molecule has 1 atom stereocenters. The fourth-order valence-corrected chi connectivity index (χ4v) is 1.30. The molecule has 1 aromatic carbocycles. The van der Waals surface area contributed by atoms with Gasteiger partial charge in [-0.1, -0.05) is 22.0 Å². The molecule has 0 aliphatic heterocycles. The lowest BCUT2D eigenvalue weighted by Gasteiger charge is -2.09. The van der Waals surface area contributed by atoms with Crippen LogP contribution in [-0.2, 0) is 11.0 Å². The third-order valence-electron chi connectivity index (χ3n) is 1.74. The molecule has 82 valence electrons. The monoisotopic (exact) mass is 284 g/mol. The molecule has 15 heavy (non-hydrogen) atoms. The molecule has 0 amide bonds. The lowest BCUT2D eigenvalue weighted by atomic mass is 10.1. The van der Waals surface area contributed by atoms with Crippen molar-refractivity contribution in [2.75, 3.05) is 0 Å². The molecule has 0 aromatic heterocycles. The lowest BCUT2D eigenvalue weighted by molar-refractivity contribution is -0.140. The molecule has 0 bridgehead atoms. The van der Waals surface area contributed by atoms with E-state index in [9.17, 15) is 22.4 Å². The van der Waals surface area contributed by atoms with Gasteiger partial charge in [-0.05, 0) is 17.7 Å². The van der Waals surface area contributed by atoms with Crippen molar-refractivity contribution in [1.82, 2.24) is 0 Å². The number of carbonyl (C=O) groups is 1. The molecule has 0 N–H and O–H groups in total. The first-order valence-electron chi connectivity index (χ1n) is 3.82. The fourth-order valence-electron chi connectivity index (χ4n) is 1.01. The molecule has 0 saturated carbocycles. The van der Waals surface area contributed by atoms with Crippen LogP contribution in [-0.4, -0.2) is 6.29 Å². The summed E-state index contributed by atoms with van der Waals surface area (Å²) < 4.78 is 49.4. The van der Waals surface area contributed by atoms with Gasteiger partial charge in [-0.15, -0.1) is 0 Å². The van der Waals surface area contributed by atoms with E-state index in [0.29, 0.717) is 18.4 Å². The number of hydrogen-bond donors (Lipinski definition) is 0. The van der Waals surface area contributed by atoms with Gasteiger partial charge < -0.3 is 4.79 Å². The Kier molecular flexibility index (Phi) is 3.49. The Labute approximate surface area is 91.2 Å². The maximum Gasteiger partial charge on any atom is 0.419 e. The molecule has 0 heterocycles. The van der Waals surface area contributed by atoms with E-state index in [2.05, 4.69) is 15.9 Å². The summed E-state index contributed by atoms with van der Waals surface area (Å²) in [5.74, 6) is -1.38. The summed E-state index contributed by atoms with van der Waals surface area (Å²) in [7, 11) is 0. The van der Waals surface area contributed by atoms with E-state index in [-0.39, 0.29) is 5.56 Å². The van der Waals surface area contributed by atoms with Crippen LogP contribution in [0.15, 0.2) is 18.2 Å². The quantitative estimate of drug-likeness (QED) is 0.462. The van der Waals surface area contributed by atoms with Crippen molar-refractivity contribution in [1.29, 1.82) is 0 Å². The first kappa shape index (κ1) is 12.2. The third kappa shape index (κ3) is 2.77. The molecule has 1 unspecified atom stereocenters. The van der Waals surface area contributed by atoms with Crippen LogP contribution in [0, 0.1) is 5.82 Å². The van der Waals surface area contributed by atoms with Crippen molar-refractivity contribution < 1.29 is 22.4 Å². The minimum Gasteiger partial charge on any atom is -0.302 e. The van der Waals surface area contributed by atoms with E-state index in [4.69, 9.17) is 0 Å². The Morgan fingerprint density at radius 2 is 1.93 bits per heavy atom. The highest BCUT2D eigenvalue weighted by molar-refractivity contribution is 9.09. The summed E-state index contributed by atoms with van der Waals surface area (Å²) in [6.45, 7) is 0. The number of hydrogen-bond acceptors (Lipinski definition) is 1. The maximum atomic E-state index is 13.0. The van der Waals surface area contributed by atoms with Crippen molar-refractivity contribution in [2.45, 2.75) is 11.0 Å². The molecule has 0 fully saturated rings. The highest BCUT2D eigenvalue weighted by Crippen LogP contribution is 2.33. The molecule has 0 aliphatic rings. The highest BCUT2D eigenvalue weighted by Gasteiger charge is 2.34. The molecular formula is C9H5BrF4O. The van der Waals surface area contributed by atoms with Crippen molar-refractivity contribution in [2.24, 2.45) is 0 Å². The summed E-state index contributed by atoms with van der Waals surface area (Å²) in [4.78, 5) is 9.51. The first-order chi connectivity index (χ1) is 6.86. The second-order valence-electron chi connectivity index (χ2n) is 2.77. The van der Waals surface area contributed by atoms with Gasteiger partial charge in [0.15, 0.2) is 0 Å². The number of alkyl halides is 4. The van der Waals surface area contributed by atoms with E-state index in [0.717, 1.165) is 6.07 Å². The molecule has 6 heteroatoms. The van der Waals surface area contributed by atoms with E-state index in [1.807, 2.05) is 0 Å².